The lowest BCUT2D eigenvalue weighted by Gasteiger charge is -2.32. The monoisotopic (exact) mass is 318 g/mol. The molecule has 6 heteroatoms. The Morgan fingerprint density at radius 3 is 2.24 bits per heavy atom. The number of nitrogens with one attached hydrogen (secondary N) is 1. The van der Waals surface area contributed by atoms with Gasteiger partial charge in [-0.3, -0.25) is 4.79 Å². The minimum Gasteiger partial charge on any atom is -0.342 e. The molecule has 1 aliphatic rings. The zero-order valence-corrected chi connectivity index (χ0v) is 14.7. The minimum atomic E-state index is -3.13. The van der Waals surface area contributed by atoms with Gasteiger partial charge in [0.2, 0.25) is 5.91 Å². The van der Waals surface area contributed by atoms with Gasteiger partial charge in [0.1, 0.15) is 0 Å². The van der Waals surface area contributed by atoms with E-state index in [4.69, 9.17) is 0 Å². The second-order valence-electron chi connectivity index (χ2n) is 6.55. The van der Waals surface area contributed by atoms with Crippen LogP contribution in [0.4, 0.5) is 0 Å². The Bertz CT molecular complexity index is 444. The van der Waals surface area contributed by atoms with Gasteiger partial charge in [0.25, 0.3) is 0 Å². The average Bonchev–Trinajstić information content (AvgIpc) is 2.44. The number of nitrogens with zero attached hydrogens (tertiary/aromatic N) is 1. The van der Waals surface area contributed by atoms with Crippen LogP contribution >= 0.6 is 0 Å². The van der Waals surface area contributed by atoms with Gasteiger partial charge in [-0.1, -0.05) is 6.92 Å². The summed E-state index contributed by atoms with van der Waals surface area (Å²) in [4.78, 5) is 14.0. The molecule has 1 aliphatic heterocycles. The maximum Gasteiger partial charge on any atom is 0.222 e. The molecule has 0 saturated carbocycles. The molecule has 0 aromatic rings. The van der Waals surface area contributed by atoms with Gasteiger partial charge in [0.15, 0.2) is 9.84 Å². The fraction of sp³-hybridized carbons (Fsp3) is 0.933. The van der Waals surface area contributed by atoms with Crippen molar-refractivity contribution in [2.75, 3.05) is 26.4 Å². The van der Waals surface area contributed by atoms with Gasteiger partial charge in [-0.05, 0) is 51.6 Å². The van der Waals surface area contributed by atoms with E-state index in [1.807, 2.05) is 0 Å². The van der Waals surface area contributed by atoms with E-state index in [9.17, 15) is 13.2 Å². The van der Waals surface area contributed by atoms with Gasteiger partial charge in [-0.25, -0.2) is 8.42 Å². The smallest absolute Gasteiger partial charge is 0.222 e. The standard InChI is InChI=1S/C15H30N2O3S/c1-11(14-6-8-16-9-7-14)10-15(18)17(4)12(2)13(3)21(5,19)20/h11-14,16H,6-10H2,1-5H3. The van der Waals surface area contributed by atoms with E-state index in [1.54, 1.807) is 25.8 Å². The van der Waals surface area contributed by atoms with Crippen molar-refractivity contribution in [3.63, 3.8) is 0 Å². The first-order valence-electron chi connectivity index (χ1n) is 7.79. The largest absolute Gasteiger partial charge is 0.342 e. The van der Waals surface area contributed by atoms with Crippen LogP contribution in [0.25, 0.3) is 0 Å². The Balaban J connectivity index is 2.57. The highest BCUT2D eigenvalue weighted by Gasteiger charge is 2.30. The van der Waals surface area contributed by atoms with Crippen molar-refractivity contribution >= 4 is 15.7 Å². The Morgan fingerprint density at radius 1 is 1.24 bits per heavy atom. The van der Waals surface area contributed by atoms with Crippen molar-refractivity contribution in [2.24, 2.45) is 11.8 Å². The molecular formula is C15H30N2O3S. The van der Waals surface area contributed by atoms with Crippen LogP contribution in [0.5, 0.6) is 0 Å². The van der Waals surface area contributed by atoms with E-state index in [1.165, 1.54) is 6.26 Å². The minimum absolute atomic E-state index is 0.0454. The highest BCUT2D eigenvalue weighted by Crippen LogP contribution is 2.25. The topological polar surface area (TPSA) is 66.5 Å². The van der Waals surface area contributed by atoms with Crippen molar-refractivity contribution in [1.29, 1.82) is 0 Å². The summed E-state index contributed by atoms with van der Waals surface area (Å²) >= 11 is 0. The molecule has 5 nitrogen and oxygen atoms in total. The zero-order valence-electron chi connectivity index (χ0n) is 13.9. The SMILES string of the molecule is CC(CC(=O)N(C)C(C)C(C)S(C)(=O)=O)C1CCNCC1. The lowest BCUT2D eigenvalue weighted by molar-refractivity contribution is -0.133. The number of sulfone groups is 1. The van der Waals surface area contributed by atoms with E-state index in [0.29, 0.717) is 18.3 Å². The van der Waals surface area contributed by atoms with Crippen LogP contribution in [-0.4, -0.2) is 56.9 Å². The quantitative estimate of drug-likeness (QED) is 0.801. The molecule has 3 atom stereocenters. The molecule has 1 rings (SSSR count). The van der Waals surface area contributed by atoms with Gasteiger partial charge in [0, 0.05) is 25.8 Å². The van der Waals surface area contributed by atoms with Crippen LogP contribution in [0.1, 0.15) is 40.0 Å². The van der Waals surface area contributed by atoms with Crippen molar-refractivity contribution in [2.45, 2.75) is 51.3 Å². The average molecular weight is 318 g/mol. The van der Waals surface area contributed by atoms with Crippen LogP contribution in [0.3, 0.4) is 0 Å². The third-order valence-corrected chi connectivity index (χ3v) is 6.79. The fourth-order valence-corrected chi connectivity index (χ4v) is 3.80. The Hall–Kier alpha value is -0.620. The summed E-state index contributed by atoms with van der Waals surface area (Å²) in [6, 6.07) is -0.298. The van der Waals surface area contributed by atoms with E-state index in [-0.39, 0.29) is 11.9 Å². The third kappa shape index (κ3) is 5.25. The number of rotatable bonds is 6. The van der Waals surface area contributed by atoms with Gasteiger partial charge in [-0.15, -0.1) is 0 Å². The predicted octanol–water partition coefficient (Wildman–Crippen LogP) is 1.29. The summed E-state index contributed by atoms with van der Waals surface area (Å²) in [6.45, 7) is 7.66. The molecule has 1 fully saturated rings. The van der Waals surface area contributed by atoms with Crippen LogP contribution < -0.4 is 5.32 Å². The van der Waals surface area contributed by atoms with Gasteiger partial charge >= 0.3 is 0 Å². The molecule has 0 bridgehead atoms. The molecule has 0 aliphatic carbocycles. The van der Waals surface area contributed by atoms with Crippen LogP contribution in [-0.2, 0) is 14.6 Å². The van der Waals surface area contributed by atoms with Crippen molar-refractivity contribution in [3.8, 4) is 0 Å². The predicted molar refractivity (Wildman–Crippen MR) is 85.9 cm³/mol. The molecule has 1 heterocycles. The molecule has 0 aromatic heterocycles. The van der Waals surface area contributed by atoms with Crippen LogP contribution in [0, 0.1) is 11.8 Å². The van der Waals surface area contributed by atoms with Crippen molar-refractivity contribution < 1.29 is 13.2 Å². The highest BCUT2D eigenvalue weighted by molar-refractivity contribution is 7.91. The molecule has 1 saturated heterocycles. The number of piperidine rings is 1. The summed E-state index contributed by atoms with van der Waals surface area (Å²) in [5, 5.41) is 2.79. The maximum atomic E-state index is 12.4. The molecule has 0 radical (unpaired) electrons. The summed E-state index contributed by atoms with van der Waals surface area (Å²) in [7, 11) is -1.42. The van der Waals surface area contributed by atoms with Crippen LogP contribution in [0.15, 0.2) is 0 Å². The first kappa shape index (κ1) is 18.4. The molecule has 1 amide bonds. The second-order valence-corrected chi connectivity index (χ2v) is 8.95. The molecule has 0 spiro atoms. The number of hydrogen-bond acceptors (Lipinski definition) is 4. The lowest BCUT2D eigenvalue weighted by atomic mass is 9.84. The van der Waals surface area contributed by atoms with E-state index >= 15 is 0 Å². The maximum absolute atomic E-state index is 12.4. The summed E-state index contributed by atoms with van der Waals surface area (Å²) < 4.78 is 23.2. The Morgan fingerprint density at radius 2 is 1.76 bits per heavy atom. The van der Waals surface area contributed by atoms with Crippen molar-refractivity contribution in [3.05, 3.63) is 0 Å². The normalized spacial score (nSPS) is 21.6. The molecule has 124 valence electrons. The molecule has 21 heavy (non-hydrogen) atoms. The fourth-order valence-electron chi connectivity index (χ4n) is 2.90. The highest BCUT2D eigenvalue weighted by atomic mass is 32.2. The third-order valence-electron chi connectivity index (χ3n) is 5.04. The number of amides is 1. The van der Waals surface area contributed by atoms with E-state index in [2.05, 4.69) is 12.2 Å². The summed E-state index contributed by atoms with van der Waals surface area (Å²) in [5.41, 5.74) is 0. The second kappa shape index (κ2) is 7.58. The van der Waals surface area contributed by atoms with E-state index in [0.717, 1.165) is 25.9 Å². The lowest BCUT2D eigenvalue weighted by Crippen LogP contribution is -2.45. The summed E-state index contributed by atoms with van der Waals surface area (Å²) in [5.74, 6) is 0.984. The molecule has 1 N–H and O–H groups in total. The van der Waals surface area contributed by atoms with E-state index < -0.39 is 15.1 Å². The summed E-state index contributed by atoms with van der Waals surface area (Å²) in [6.07, 6.45) is 3.97. The van der Waals surface area contributed by atoms with Gasteiger partial charge in [-0.2, -0.15) is 0 Å². The molecular weight excluding hydrogens is 288 g/mol. The number of carbonyl (C=O) groups excluding carboxylic acids is 1. The zero-order chi connectivity index (χ0) is 16.2. The van der Waals surface area contributed by atoms with Gasteiger partial charge in [0.05, 0.1) is 5.25 Å². The first-order chi connectivity index (χ1) is 9.64. The molecule has 3 unspecified atom stereocenters. The number of carbonyl (C=O) groups is 1. The van der Waals surface area contributed by atoms with Gasteiger partial charge < -0.3 is 10.2 Å². The first-order valence-corrected chi connectivity index (χ1v) is 9.75. The van der Waals surface area contributed by atoms with Crippen molar-refractivity contribution in [1.82, 2.24) is 10.2 Å². The molecule has 0 aromatic carbocycles. The Labute approximate surface area is 129 Å². The number of hydrogen-bond donors (Lipinski definition) is 1. The Kier molecular flexibility index (Phi) is 6.66. The van der Waals surface area contributed by atoms with Crippen LogP contribution in [0.2, 0.25) is 0 Å².